The van der Waals surface area contributed by atoms with Crippen LogP contribution in [-0.4, -0.2) is 49.5 Å². The van der Waals surface area contributed by atoms with Gasteiger partial charge >= 0.3 is 0 Å². The van der Waals surface area contributed by atoms with E-state index in [4.69, 9.17) is 0 Å². The maximum Gasteiger partial charge on any atom is 0.243 e. The lowest BCUT2D eigenvalue weighted by Crippen LogP contribution is -2.53. The summed E-state index contributed by atoms with van der Waals surface area (Å²) in [5.74, 6) is -0.920. The van der Waals surface area contributed by atoms with Crippen molar-refractivity contribution in [3.63, 3.8) is 0 Å². The number of nitrogens with one attached hydrogen (secondary N) is 1. The zero-order valence-electron chi connectivity index (χ0n) is 22.0. The molecule has 1 N–H and O–H groups in total. The van der Waals surface area contributed by atoms with E-state index in [1.54, 1.807) is 24.3 Å². The van der Waals surface area contributed by atoms with Gasteiger partial charge in [-0.2, -0.15) is 0 Å². The van der Waals surface area contributed by atoms with Crippen LogP contribution in [0.15, 0.2) is 48.5 Å². The fraction of sp³-hybridized carbons (Fsp3) is 0.481. The highest BCUT2D eigenvalue weighted by Gasteiger charge is 2.30. The number of carbonyl (C=O) groups is 2. The van der Waals surface area contributed by atoms with Gasteiger partial charge in [-0.3, -0.25) is 13.9 Å². The maximum atomic E-state index is 13.4. The summed E-state index contributed by atoms with van der Waals surface area (Å²) in [5, 5.41) is 2.94. The summed E-state index contributed by atoms with van der Waals surface area (Å²) in [7, 11) is -3.55. The minimum absolute atomic E-state index is 0.0539. The molecule has 0 fully saturated rings. The third-order valence-corrected chi connectivity index (χ3v) is 6.82. The Balaban J connectivity index is 2.22. The van der Waals surface area contributed by atoms with Gasteiger partial charge in [0.25, 0.3) is 0 Å². The predicted octanol–water partition coefficient (Wildman–Crippen LogP) is 4.40. The van der Waals surface area contributed by atoms with E-state index < -0.39 is 21.6 Å². The van der Waals surface area contributed by atoms with Gasteiger partial charge in [-0.05, 0) is 70.4 Å². The molecular formula is C27H38FN3O4S. The third-order valence-electron chi connectivity index (χ3n) is 5.62. The van der Waals surface area contributed by atoms with E-state index in [-0.39, 0.29) is 43.6 Å². The van der Waals surface area contributed by atoms with Gasteiger partial charge in [-0.1, -0.05) is 36.8 Å². The Kier molecular flexibility index (Phi) is 10.0. The summed E-state index contributed by atoms with van der Waals surface area (Å²) in [6.07, 6.45) is 1.86. The first-order valence-corrected chi connectivity index (χ1v) is 14.0. The average molecular weight is 520 g/mol. The number of hydrogen-bond acceptors (Lipinski definition) is 4. The van der Waals surface area contributed by atoms with Crippen LogP contribution in [0.5, 0.6) is 0 Å². The lowest BCUT2D eigenvalue weighted by atomic mass is 10.0. The number of aryl methyl sites for hydroxylation is 1. The number of carbonyl (C=O) groups excluding carboxylic acids is 2. The molecule has 198 valence electrons. The first-order chi connectivity index (χ1) is 16.7. The fourth-order valence-corrected chi connectivity index (χ4v) is 4.84. The third kappa shape index (κ3) is 8.93. The summed E-state index contributed by atoms with van der Waals surface area (Å²) in [5.41, 5.74) is 1.77. The van der Waals surface area contributed by atoms with E-state index in [0.717, 1.165) is 11.8 Å². The number of halogens is 1. The van der Waals surface area contributed by atoms with Crippen LogP contribution in [0.1, 0.15) is 58.1 Å². The first kappa shape index (κ1) is 29.3. The molecule has 0 saturated carbocycles. The molecule has 2 rings (SSSR count). The molecule has 36 heavy (non-hydrogen) atoms. The van der Waals surface area contributed by atoms with Crippen LogP contribution in [0, 0.1) is 12.7 Å². The monoisotopic (exact) mass is 519 g/mol. The summed E-state index contributed by atoms with van der Waals surface area (Å²) < 4.78 is 39.5. The van der Waals surface area contributed by atoms with Crippen LogP contribution in [0.4, 0.5) is 10.1 Å². The van der Waals surface area contributed by atoms with E-state index in [2.05, 4.69) is 5.32 Å². The van der Waals surface area contributed by atoms with Gasteiger partial charge in [0, 0.05) is 25.0 Å². The van der Waals surface area contributed by atoms with Gasteiger partial charge in [0.2, 0.25) is 21.8 Å². The maximum absolute atomic E-state index is 13.4. The molecule has 0 aromatic heterocycles. The summed E-state index contributed by atoms with van der Waals surface area (Å²) in [6, 6.07) is 12.3. The molecule has 0 aliphatic heterocycles. The van der Waals surface area contributed by atoms with E-state index >= 15 is 0 Å². The number of anilines is 1. The largest absolute Gasteiger partial charge is 0.350 e. The highest BCUT2D eigenvalue weighted by Crippen LogP contribution is 2.20. The van der Waals surface area contributed by atoms with Crippen molar-refractivity contribution in [2.75, 3.05) is 17.1 Å². The van der Waals surface area contributed by atoms with Crippen molar-refractivity contribution in [3.8, 4) is 0 Å². The Morgan fingerprint density at radius 1 is 1.03 bits per heavy atom. The van der Waals surface area contributed by atoms with Crippen LogP contribution in [0.3, 0.4) is 0 Å². The smallest absolute Gasteiger partial charge is 0.243 e. The fourth-order valence-electron chi connectivity index (χ4n) is 3.87. The standard InChI is InChI=1S/C27H38FN3O4S/c1-7-24(26(33)29-27(3,4)5)30(19-21-12-14-22(28)15-13-21)25(32)9-8-18-31(36(6,34)35)23-16-10-20(2)11-17-23/h10-17,24H,7-9,18-19H2,1-6H3,(H,29,33)/t24-/m1/s1. The molecule has 0 aliphatic carbocycles. The zero-order valence-corrected chi connectivity index (χ0v) is 22.9. The Morgan fingerprint density at radius 2 is 1.61 bits per heavy atom. The average Bonchev–Trinajstić information content (AvgIpc) is 2.76. The lowest BCUT2D eigenvalue weighted by Gasteiger charge is -2.33. The van der Waals surface area contributed by atoms with Gasteiger partial charge in [0.1, 0.15) is 11.9 Å². The number of sulfonamides is 1. The second-order valence-corrected chi connectivity index (χ2v) is 12.0. The molecule has 0 radical (unpaired) electrons. The second-order valence-electron chi connectivity index (χ2n) is 10.1. The highest BCUT2D eigenvalue weighted by atomic mass is 32.2. The minimum atomic E-state index is -3.55. The summed E-state index contributed by atoms with van der Waals surface area (Å²) in [6.45, 7) is 9.63. The zero-order chi connectivity index (χ0) is 27.1. The minimum Gasteiger partial charge on any atom is -0.350 e. The Morgan fingerprint density at radius 3 is 2.11 bits per heavy atom. The van der Waals surface area contributed by atoms with Crippen LogP contribution < -0.4 is 9.62 Å². The van der Waals surface area contributed by atoms with Crippen molar-refractivity contribution in [1.82, 2.24) is 10.2 Å². The van der Waals surface area contributed by atoms with Crippen LogP contribution in [0.2, 0.25) is 0 Å². The molecule has 2 aromatic rings. The van der Waals surface area contributed by atoms with Gasteiger partial charge in [0.15, 0.2) is 0 Å². The Labute approximate surface area is 214 Å². The van der Waals surface area contributed by atoms with Crippen molar-refractivity contribution in [2.45, 2.75) is 72.0 Å². The number of nitrogens with zero attached hydrogens (tertiary/aromatic N) is 2. The van der Waals surface area contributed by atoms with Crippen molar-refractivity contribution in [2.24, 2.45) is 0 Å². The molecule has 9 heteroatoms. The summed E-state index contributed by atoms with van der Waals surface area (Å²) in [4.78, 5) is 28.0. The quantitative estimate of drug-likeness (QED) is 0.477. The molecule has 7 nitrogen and oxygen atoms in total. The van der Waals surface area contributed by atoms with Crippen LogP contribution >= 0.6 is 0 Å². The van der Waals surface area contributed by atoms with Gasteiger partial charge in [-0.25, -0.2) is 12.8 Å². The molecule has 0 aliphatic rings. The molecule has 2 amide bonds. The first-order valence-electron chi connectivity index (χ1n) is 12.1. The van der Waals surface area contributed by atoms with Crippen molar-refractivity contribution in [3.05, 3.63) is 65.5 Å². The SMILES string of the molecule is CC[C@H](C(=O)NC(C)(C)C)N(Cc1ccc(F)cc1)C(=O)CCCN(c1ccc(C)cc1)S(C)(=O)=O. The van der Waals surface area contributed by atoms with Gasteiger partial charge < -0.3 is 10.2 Å². The van der Waals surface area contributed by atoms with E-state index in [9.17, 15) is 22.4 Å². The lowest BCUT2D eigenvalue weighted by molar-refractivity contribution is -0.142. The predicted molar refractivity (Wildman–Crippen MR) is 142 cm³/mol. The topological polar surface area (TPSA) is 86.8 Å². The van der Waals surface area contributed by atoms with Gasteiger partial charge in [-0.15, -0.1) is 0 Å². The molecule has 2 aromatic carbocycles. The number of rotatable bonds is 11. The Hall–Kier alpha value is -2.94. The highest BCUT2D eigenvalue weighted by molar-refractivity contribution is 7.92. The molecule has 0 spiro atoms. The van der Waals surface area contributed by atoms with E-state index in [0.29, 0.717) is 17.7 Å². The van der Waals surface area contributed by atoms with E-state index in [1.807, 2.05) is 46.8 Å². The normalized spacial score (nSPS) is 12.6. The Bertz CT molecular complexity index is 1130. The molecular weight excluding hydrogens is 481 g/mol. The molecule has 1 atom stereocenters. The van der Waals surface area contributed by atoms with Crippen LogP contribution in [-0.2, 0) is 26.2 Å². The number of amides is 2. The van der Waals surface area contributed by atoms with Gasteiger partial charge in [0.05, 0.1) is 11.9 Å². The van der Waals surface area contributed by atoms with Crippen LogP contribution in [0.25, 0.3) is 0 Å². The molecule has 0 heterocycles. The van der Waals surface area contributed by atoms with Crippen molar-refractivity contribution in [1.29, 1.82) is 0 Å². The van der Waals surface area contributed by atoms with E-state index in [1.165, 1.54) is 21.3 Å². The molecule has 0 unspecified atom stereocenters. The second kappa shape index (κ2) is 12.3. The summed E-state index contributed by atoms with van der Waals surface area (Å²) >= 11 is 0. The molecule has 0 saturated heterocycles. The van der Waals surface area contributed by atoms with Crippen molar-refractivity contribution >= 4 is 27.5 Å². The van der Waals surface area contributed by atoms with Crippen molar-refractivity contribution < 1.29 is 22.4 Å². The molecule has 0 bridgehead atoms. The number of benzene rings is 2. The number of hydrogen-bond donors (Lipinski definition) is 1.